The van der Waals surface area contributed by atoms with Crippen LogP contribution in [0.4, 0.5) is 0 Å². The molecule has 1 unspecified atom stereocenters. The van der Waals surface area contributed by atoms with E-state index in [0.29, 0.717) is 19.4 Å². The molecule has 2 rings (SSSR count). The smallest absolute Gasteiger partial charge is 0.326 e. The lowest BCUT2D eigenvalue weighted by Gasteiger charge is -2.29. The predicted octanol–water partition coefficient (Wildman–Crippen LogP) is 2.57. The average molecular weight is 251 g/mol. The molecule has 1 aliphatic carbocycles. The molecule has 0 aromatic carbocycles. The first-order valence-corrected chi connectivity index (χ1v) is 6.97. The van der Waals surface area contributed by atoms with E-state index in [2.05, 4.69) is 6.07 Å². The van der Waals surface area contributed by atoms with Crippen molar-refractivity contribution in [3.05, 3.63) is 0 Å². The molecule has 4 nitrogen and oxygen atoms in total. The van der Waals surface area contributed by atoms with Gasteiger partial charge in [-0.2, -0.15) is 5.26 Å². The van der Waals surface area contributed by atoms with Gasteiger partial charge in [0, 0.05) is 6.61 Å². The molecular formula is C14H21NO3. The topological polar surface area (TPSA) is 59.3 Å². The van der Waals surface area contributed by atoms with E-state index in [1.54, 1.807) is 0 Å². The molecule has 0 spiro atoms. The van der Waals surface area contributed by atoms with Crippen LogP contribution >= 0.6 is 0 Å². The Morgan fingerprint density at radius 1 is 1.28 bits per heavy atom. The van der Waals surface area contributed by atoms with E-state index < -0.39 is 5.41 Å². The molecule has 100 valence electrons. The molecule has 1 heterocycles. The molecule has 0 amide bonds. The minimum atomic E-state index is -0.882. The molecule has 2 aliphatic rings. The van der Waals surface area contributed by atoms with E-state index in [4.69, 9.17) is 9.47 Å². The molecule has 1 aliphatic heterocycles. The van der Waals surface area contributed by atoms with Crippen LogP contribution in [0.3, 0.4) is 0 Å². The van der Waals surface area contributed by atoms with Crippen molar-refractivity contribution in [3.63, 3.8) is 0 Å². The van der Waals surface area contributed by atoms with E-state index in [0.717, 1.165) is 45.1 Å². The summed E-state index contributed by atoms with van der Waals surface area (Å²) in [5.41, 5.74) is -0.882. The molecule has 1 atom stereocenters. The second-order valence-corrected chi connectivity index (χ2v) is 5.34. The Morgan fingerprint density at radius 3 is 2.67 bits per heavy atom. The van der Waals surface area contributed by atoms with Gasteiger partial charge < -0.3 is 9.47 Å². The molecule has 4 heteroatoms. The number of carbonyl (C=O) groups is 1. The molecule has 0 N–H and O–H groups in total. The molecular weight excluding hydrogens is 230 g/mol. The molecule has 1 saturated carbocycles. The van der Waals surface area contributed by atoms with E-state index in [-0.39, 0.29) is 12.1 Å². The first kappa shape index (κ1) is 13.4. The van der Waals surface area contributed by atoms with Gasteiger partial charge in [-0.05, 0) is 32.1 Å². The van der Waals surface area contributed by atoms with Gasteiger partial charge in [-0.1, -0.05) is 19.3 Å². The lowest BCUT2D eigenvalue weighted by atomic mass is 9.75. The van der Waals surface area contributed by atoms with Gasteiger partial charge in [-0.15, -0.1) is 0 Å². The standard InChI is InChI=1S/C14H21NO3/c15-11-14(7-3-1-4-8-14)13(16)18-10-12-6-2-5-9-17-12/h12H,1-10H2. The first-order chi connectivity index (χ1) is 8.77. The highest BCUT2D eigenvalue weighted by atomic mass is 16.6. The summed E-state index contributed by atoms with van der Waals surface area (Å²) in [5.74, 6) is -0.334. The molecule has 1 saturated heterocycles. The second kappa shape index (κ2) is 6.19. The third-order valence-corrected chi connectivity index (χ3v) is 3.99. The fourth-order valence-corrected chi connectivity index (χ4v) is 2.76. The third kappa shape index (κ3) is 3.02. The number of hydrogen-bond donors (Lipinski definition) is 0. The predicted molar refractivity (Wildman–Crippen MR) is 65.7 cm³/mol. The normalized spacial score (nSPS) is 27.2. The summed E-state index contributed by atoms with van der Waals surface area (Å²) in [6, 6.07) is 2.19. The summed E-state index contributed by atoms with van der Waals surface area (Å²) in [4.78, 5) is 12.1. The van der Waals surface area contributed by atoms with Gasteiger partial charge in [0.25, 0.3) is 0 Å². The highest BCUT2D eigenvalue weighted by molar-refractivity contribution is 5.80. The lowest BCUT2D eigenvalue weighted by molar-refractivity contribution is -0.159. The van der Waals surface area contributed by atoms with Crippen molar-refractivity contribution in [2.45, 2.75) is 57.5 Å². The number of rotatable bonds is 3. The van der Waals surface area contributed by atoms with Crippen molar-refractivity contribution in [1.82, 2.24) is 0 Å². The highest BCUT2D eigenvalue weighted by Gasteiger charge is 2.41. The van der Waals surface area contributed by atoms with Crippen LogP contribution in [0.25, 0.3) is 0 Å². The van der Waals surface area contributed by atoms with Crippen molar-refractivity contribution in [2.75, 3.05) is 13.2 Å². The lowest BCUT2D eigenvalue weighted by Crippen LogP contribution is -2.36. The molecule has 0 radical (unpaired) electrons. The Labute approximate surface area is 108 Å². The zero-order valence-electron chi connectivity index (χ0n) is 10.8. The Kier molecular flexibility index (Phi) is 4.60. The summed E-state index contributed by atoms with van der Waals surface area (Å²) >= 11 is 0. The zero-order chi connectivity index (χ0) is 12.8. The number of nitrogens with zero attached hydrogens (tertiary/aromatic N) is 1. The maximum absolute atomic E-state index is 12.1. The monoisotopic (exact) mass is 251 g/mol. The van der Waals surface area contributed by atoms with Gasteiger partial charge in [0.05, 0.1) is 12.2 Å². The maximum Gasteiger partial charge on any atom is 0.326 e. The van der Waals surface area contributed by atoms with Crippen LogP contribution in [-0.2, 0) is 14.3 Å². The largest absolute Gasteiger partial charge is 0.462 e. The summed E-state index contributed by atoms with van der Waals surface area (Å²) in [7, 11) is 0. The Balaban J connectivity index is 1.84. The van der Waals surface area contributed by atoms with Gasteiger partial charge in [0.2, 0.25) is 0 Å². The molecule has 2 fully saturated rings. The van der Waals surface area contributed by atoms with Crippen LogP contribution in [-0.4, -0.2) is 25.3 Å². The van der Waals surface area contributed by atoms with Gasteiger partial charge in [-0.25, -0.2) is 0 Å². The number of carbonyl (C=O) groups excluding carboxylic acids is 1. The molecule has 0 bridgehead atoms. The number of esters is 1. The fourth-order valence-electron chi connectivity index (χ4n) is 2.76. The number of nitriles is 1. The van der Waals surface area contributed by atoms with Crippen LogP contribution in [0.1, 0.15) is 51.4 Å². The SMILES string of the molecule is N#CC1(C(=O)OCC2CCCCO2)CCCCC1. The maximum atomic E-state index is 12.1. The minimum Gasteiger partial charge on any atom is -0.462 e. The second-order valence-electron chi connectivity index (χ2n) is 5.34. The molecule has 0 aromatic rings. The van der Waals surface area contributed by atoms with Crippen molar-refractivity contribution in [3.8, 4) is 6.07 Å². The molecule has 0 aromatic heterocycles. The van der Waals surface area contributed by atoms with Gasteiger partial charge >= 0.3 is 5.97 Å². The number of ether oxygens (including phenoxy) is 2. The van der Waals surface area contributed by atoms with Gasteiger partial charge in [0.15, 0.2) is 5.41 Å². The van der Waals surface area contributed by atoms with Crippen molar-refractivity contribution < 1.29 is 14.3 Å². The van der Waals surface area contributed by atoms with Crippen molar-refractivity contribution >= 4 is 5.97 Å². The van der Waals surface area contributed by atoms with Crippen LogP contribution < -0.4 is 0 Å². The quantitative estimate of drug-likeness (QED) is 0.723. The van der Waals surface area contributed by atoms with Crippen LogP contribution in [0, 0.1) is 16.7 Å². The Bertz CT molecular complexity index is 322. The van der Waals surface area contributed by atoms with E-state index in [1.807, 2.05) is 0 Å². The van der Waals surface area contributed by atoms with Crippen LogP contribution in [0.2, 0.25) is 0 Å². The average Bonchev–Trinajstić information content (AvgIpc) is 2.46. The van der Waals surface area contributed by atoms with E-state index in [9.17, 15) is 10.1 Å². The summed E-state index contributed by atoms with van der Waals surface area (Å²) in [6.45, 7) is 1.06. The zero-order valence-corrected chi connectivity index (χ0v) is 10.8. The summed E-state index contributed by atoms with van der Waals surface area (Å²) < 4.78 is 10.9. The van der Waals surface area contributed by atoms with Crippen molar-refractivity contribution in [2.24, 2.45) is 5.41 Å². The summed E-state index contributed by atoms with van der Waals surface area (Å²) in [5, 5.41) is 9.27. The minimum absolute atomic E-state index is 0.0297. The Morgan fingerprint density at radius 2 is 2.06 bits per heavy atom. The summed E-state index contributed by atoms with van der Waals surface area (Å²) in [6.07, 6.45) is 7.50. The van der Waals surface area contributed by atoms with Crippen LogP contribution in [0.5, 0.6) is 0 Å². The van der Waals surface area contributed by atoms with Crippen LogP contribution in [0.15, 0.2) is 0 Å². The Hall–Kier alpha value is -1.08. The van der Waals surface area contributed by atoms with Gasteiger partial charge in [0.1, 0.15) is 6.61 Å². The van der Waals surface area contributed by atoms with Gasteiger partial charge in [-0.3, -0.25) is 4.79 Å². The number of hydrogen-bond acceptors (Lipinski definition) is 4. The third-order valence-electron chi connectivity index (χ3n) is 3.99. The fraction of sp³-hybridized carbons (Fsp3) is 0.857. The van der Waals surface area contributed by atoms with Crippen molar-refractivity contribution in [1.29, 1.82) is 5.26 Å². The molecule has 18 heavy (non-hydrogen) atoms. The first-order valence-electron chi connectivity index (χ1n) is 6.97. The highest BCUT2D eigenvalue weighted by Crippen LogP contribution is 2.36. The van der Waals surface area contributed by atoms with E-state index >= 15 is 0 Å². The van der Waals surface area contributed by atoms with E-state index in [1.165, 1.54) is 0 Å².